The van der Waals surface area contributed by atoms with E-state index in [0.29, 0.717) is 0 Å². The van der Waals surface area contributed by atoms with Gasteiger partial charge in [-0.05, 0) is 92.7 Å². The van der Waals surface area contributed by atoms with Crippen LogP contribution in [0.15, 0.2) is 200 Å². The van der Waals surface area contributed by atoms with Crippen LogP contribution in [0.25, 0.3) is 44.9 Å². The van der Waals surface area contributed by atoms with Crippen LogP contribution in [0, 0.1) is 0 Å². The number of nitrogens with zero attached hydrogens (tertiary/aromatic N) is 2. The number of hydrogen-bond acceptors (Lipinski definition) is 3. The minimum Gasteiger partial charge on any atom is -0.457 e. The Bertz CT molecular complexity index is 3240. The van der Waals surface area contributed by atoms with Crippen LogP contribution in [-0.2, 0) is 16.2 Å². The lowest BCUT2D eigenvalue weighted by Gasteiger charge is -2.39. The maximum Gasteiger partial charge on any atom is 0.160 e. The zero-order chi connectivity index (χ0) is 43.2. The molecular weight excluding hydrogens is 789 g/mol. The normalized spacial score (nSPS) is 16.5. The van der Waals surface area contributed by atoms with Crippen LogP contribution in [-0.4, -0.2) is 9.97 Å². The van der Waals surface area contributed by atoms with Gasteiger partial charge in [0.2, 0.25) is 0 Å². The lowest BCUT2D eigenvalue weighted by atomic mass is 9.66. The highest BCUT2D eigenvalue weighted by Gasteiger charge is 2.52. The Morgan fingerprint density at radius 2 is 0.923 bits per heavy atom. The molecule has 0 bridgehead atoms. The predicted octanol–water partition coefficient (Wildman–Crippen LogP) is 15.3. The maximum atomic E-state index is 6.68. The molecule has 3 heteroatoms. The molecule has 312 valence electrons. The Morgan fingerprint density at radius 1 is 0.400 bits per heavy atom. The Balaban J connectivity index is 1.07. The van der Waals surface area contributed by atoms with E-state index in [9.17, 15) is 0 Å². The summed E-state index contributed by atoms with van der Waals surface area (Å²) in [5.41, 5.74) is 18.0. The van der Waals surface area contributed by atoms with Crippen LogP contribution in [0.3, 0.4) is 0 Å². The largest absolute Gasteiger partial charge is 0.457 e. The number of fused-ring (bicyclic) bond motifs is 12. The van der Waals surface area contributed by atoms with Crippen molar-refractivity contribution in [2.24, 2.45) is 0 Å². The molecule has 0 N–H and O–H groups in total. The van der Waals surface area contributed by atoms with E-state index in [0.717, 1.165) is 63.8 Å². The number of aromatic nitrogens is 2. The summed E-state index contributed by atoms with van der Waals surface area (Å²) < 4.78 is 6.68. The molecule has 3 nitrogen and oxygen atoms in total. The molecule has 1 aliphatic heterocycles. The first kappa shape index (κ1) is 38.1. The van der Waals surface area contributed by atoms with Crippen molar-refractivity contribution in [1.29, 1.82) is 0 Å². The van der Waals surface area contributed by atoms with Crippen LogP contribution >= 0.6 is 0 Å². The Kier molecular flexibility index (Phi) is 8.56. The van der Waals surface area contributed by atoms with Crippen LogP contribution in [0.1, 0.15) is 95.7 Å². The SMILES string of the molecule is CC1(c2cc(-c3ccc4c(c3)C(c3ccccc3)(c3ccccc3)c3ccccc3-4)nc(-c3cccc4c3-c3ccccc3C43c4ccccc4Oc4ccccc43)n2)CCCCCC1. The fourth-order valence-electron chi connectivity index (χ4n) is 12.5. The summed E-state index contributed by atoms with van der Waals surface area (Å²) in [6, 6.07) is 73.6. The van der Waals surface area contributed by atoms with Gasteiger partial charge in [-0.15, -0.1) is 0 Å². The van der Waals surface area contributed by atoms with E-state index < -0.39 is 10.8 Å². The zero-order valence-corrected chi connectivity index (χ0v) is 36.6. The number of hydrogen-bond donors (Lipinski definition) is 0. The van der Waals surface area contributed by atoms with Crippen LogP contribution < -0.4 is 4.74 Å². The molecule has 1 fully saturated rings. The second kappa shape index (κ2) is 14.6. The van der Waals surface area contributed by atoms with Gasteiger partial charge in [0.1, 0.15) is 11.5 Å². The molecule has 2 heterocycles. The third-order valence-corrected chi connectivity index (χ3v) is 15.4. The van der Waals surface area contributed by atoms with Crippen molar-refractivity contribution >= 4 is 0 Å². The summed E-state index contributed by atoms with van der Waals surface area (Å²) in [5.74, 6) is 2.56. The van der Waals surface area contributed by atoms with Crippen LogP contribution in [0.4, 0.5) is 0 Å². The quantitative estimate of drug-likeness (QED) is 0.162. The molecule has 9 aromatic rings. The van der Waals surface area contributed by atoms with E-state index in [2.05, 4.69) is 207 Å². The van der Waals surface area contributed by atoms with E-state index in [1.54, 1.807) is 0 Å². The van der Waals surface area contributed by atoms with Crippen molar-refractivity contribution in [2.75, 3.05) is 0 Å². The van der Waals surface area contributed by atoms with Crippen molar-refractivity contribution < 1.29 is 4.74 Å². The van der Waals surface area contributed by atoms with Crippen LogP contribution in [0.2, 0.25) is 0 Å². The molecule has 0 atom stereocenters. The third kappa shape index (κ3) is 5.42. The monoisotopic (exact) mass is 836 g/mol. The van der Waals surface area contributed by atoms with Gasteiger partial charge in [0.05, 0.1) is 22.2 Å². The van der Waals surface area contributed by atoms with Crippen molar-refractivity contribution in [2.45, 2.75) is 61.7 Å². The average Bonchev–Trinajstić information content (AvgIpc) is 3.71. The van der Waals surface area contributed by atoms with Gasteiger partial charge in [-0.25, -0.2) is 9.97 Å². The summed E-state index contributed by atoms with van der Waals surface area (Å²) in [6.07, 6.45) is 7.17. The molecule has 0 unspecified atom stereocenters. The van der Waals surface area contributed by atoms with E-state index in [4.69, 9.17) is 14.7 Å². The molecular formula is C62H48N2O. The van der Waals surface area contributed by atoms with E-state index in [1.165, 1.54) is 81.3 Å². The van der Waals surface area contributed by atoms with Gasteiger partial charge in [-0.2, -0.15) is 0 Å². The molecule has 4 aliphatic rings. The topological polar surface area (TPSA) is 35.0 Å². The first-order chi connectivity index (χ1) is 32.1. The van der Waals surface area contributed by atoms with Gasteiger partial charge in [-0.3, -0.25) is 0 Å². The van der Waals surface area contributed by atoms with Crippen molar-refractivity contribution in [3.63, 3.8) is 0 Å². The molecule has 3 aliphatic carbocycles. The molecule has 0 radical (unpaired) electrons. The first-order valence-electron chi connectivity index (χ1n) is 23.4. The van der Waals surface area contributed by atoms with Gasteiger partial charge in [-0.1, -0.05) is 209 Å². The molecule has 8 aromatic carbocycles. The van der Waals surface area contributed by atoms with Gasteiger partial charge in [0, 0.05) is 27.7 Å². The standard InChI is InChI=1S/C62H48N2O/c1-60(37-18-2-3-19-38-60)57-40-54(41-35-36-45-44-25-10-12-28-48(44)61(53(45)39-41,42-21-6-4-7-22-42)43-23-8-5-9-24-43)63-59(64-57)47-27-20-32-52-58(47)46-26-11-13-29-49(46)62(52)50-30-14-16-33-55(50)65-56-34-17-15-31-51(56)62/h4-17,20-36,39-40H,2-3,18-19,37-38H2,1H3. The van der Waals surface area contributed by atoms with Gasteiger partial charge in [0.15, 0.2) is 5.82 Å². The van der Waals surface area contributed by atoms with Gasteiger partial charge in [0.25, 0.3) is 0 Å². The maximum absolute atomic E-state index is 6.68. The lowest BCUT2D eigenvalue weighted by Crippen LogP contribution is -2.32. The molecule has 65 heavy (non-hydrogen) atoms. The van der Waals surface area contributed by atoms with E-state index in [1.807, 2.05) is 0 Å². The second-order valence-corrected chi connectivity index (χ2v) is 18.8. The average molecular weight is 837 g/mol. The van der Waals surface area contributed by atoms with Gasteiger partial charge >= 0.3 is 0 Å². The molecule has 0 saturated heterocycles. The summed E-state index contributed by atoms with van der Waals surface area (Å²) >= 11 is 0. The van der Waals surface area contributed by atoms with Crippen LogP contribution in [0.5, 0.6) is 11.5 Å². The molecule has 1 saturated carbocycles. The fourth-order valence-corrected chi connectivity index (χ4v) is 12.5. The van der Waals surface area contributed by atoms with E-state index >= 15 is 0 Å². The Hall–Kier alpha value is -7.36. The lowest BCUT2D eigenvalue weighted by molar-refractivity contribution is 0.398. The number of para-hydroxylation sites is 2. The zero-order valence-electron chi connectivity index (χ0n) is 36.6. The highest BCUT2D eigenvalue weighted by atomic mass is 16.5. The third-order valence-electron chi connectivity index (χ3n) is 15.4. The van der Waals surface area contributed by atoms with Crippen molar-refractivity contribution in [3.05, 3.63) is 250 Å². The summed E-state index contributed by atoms with van der Waals surface area (Å²) in [7, 11) is 0. The van der Waals surface area contributed by atoms with Crippen molar-refractivity contribution in [1.82, 2.24) is 9.97 Å². The number of benzene rings is 8. The minimum absolute atomic E-state index is 0.0799. The first-order valence-corrected chi connectivity index (χ1v) is 23.4. The summed E-state index contributed by atoms with van der Waals surface area (Å²) in [5, 5.41) is 0. The molecule has 1 aromatic heterocycles. The Morgan fingerprint density at radius 3 is 1.58 bits per heavy atom. The summed E-state index contributed by atoms with van der Waals surface area (Å²) in [4.78, 5) is 11.5. The number of ether oxygens (including phenoxy) is 1. The summed E-state index contributed by atoms with van der Waals surface area (Å²) in [6.45, 7) is 2.46. The van der Waals surface area contributed by atoms with Crippen molar-refractivity contribution in [3.8, 4) is 56.4 Å². The van der Waals surface area contributed by atoms with E-state index in [-0.39, 0.29) is 5.41 Å². The second-order valence-electron chi connectivity index (χ2n) is 18.8. The molecule has 13 rings (SSSR count). The Labute approximate surface area is 381 Å². The van der Waals surface area contributed by atoms with Gasteiger partial charge < -0.3 is 4.74 Å². The predicted molar refractivity (Wildman–Crippen MR) is 263 cm³/mol. The molecule has 1 spiro atoms. The minimum atomic E-state index is -0.575. The smallest absolute Gasteiger partial charge is 0.160 e. The highest BCUT2D eigenvalue weighted by Crippen LogP contribution is 2.63. The fraction of sp³-hybridized carbons (Fsp3) is 0.161. The highest BCUT2D eigenvalue weighted by molar-refractivity contribution is 5.96. The molecule has 0 amide bonds. The number of rotatable bonds is 5.